The van der Waals surface area contributed by atoms with Gasteiger partial charge in [-0.1, -0.05) is 51.9 Å². The highest BCUT2D eigenvalue weighted by Crippen LogP contribution is 2.19. The van der Waals surface area contributed by atoms with Crippen LogP contribution in [0.5, 0.6) is 0 Å². The van der Waals surface area contributed by atoms with E-state index in [1.54, 1.807) is 0 Å². The number of ether oxygens (including phenoxy) is 1. The van der Waals surface area contributed by atoms with Crippen LogP contribution in [0, 0.1) is 0 Å². The van der Waals surface area contributed by atoms with E-state index in [9.17, 15) is 0 Å². The lowest BCUT2D eigenvalue weighted by atomic mass is 9.98. The topological polar surface area (TPSA) is 21.3 Å². The van der Waals surface area contributed by atoms with Crippen LogP contribution < -0.4 is 5.32 Å². The molecule has 1 N–H and O–H groups in total. The molecule has 0 aromatic rings. The summed E-state index contributed by atoms with van der Waals surface area (Å²) in [7, 11) is 0. The molecule has 2 nitrogen and oxygen atoms in total. The minimum atomic E-state index is 0.556. The fourth-order valence-corrected chi connectivity index (χ4v) is 2.74. The fraction of sp³-hybridized carbons (Fsp3) is 1.00. The Hall–Kier alpha value is -0.0800. The molecule has 0 aliphatic heterocycles. The predicted octanol–water partition coefficient (Wildman–Crippen LogP) is 4.28. The molecule has 18 heavy (non-hydrogen) atoms. The lowest BCUT2D eigenvalue weighted by molar-refractivity contribution is 0.0294. The minimum absolute atomic E-state index is 0.556. The van der Waals surface area contributed by atoms with Gasteiger partial charge in [0.05, 0.1) is 12.7 Å². The van der Waals surface area contributed by atoms with Crippen molar-refractivity contribution < 1.29 is 4.74 Å². The molecular weight excluding hydrogens is 222 g/mol. The Bertz CT molecular complexity index is 178. The highest BCUT2D eigenvalue weighted by atomic mass is 16.5. The summed E-state index contributed by atoms with van der Waals surface area (Å²) in [5.41, 5.74) is 0. The third-order valence-corrected chi connectivity index (χ3v) is 3.99. The van der Waals surface area contributed by atoms with E-state index in [2.05, 4.69) is 19.2 Å². The van der Waals surface area contributed by atoms with Gasteiger partial charge in [0.2, 0.25) is 0 Å². The van der Waals surface area contributed by atoms with Gasteiger partial charge in [0.15, 0.2) is 0 Å². The maximum atomic E-state index is 5.91. The van der Waals surface area contributed by atoms with Gasteiger partial charge in [-0.2, -0.15) is 0 Å². The highest BCUT2D eigenvalue weighted by Gasteiger charge is 2.13. The van der Waals surface area contributed by atoms with Crippen LogP contribution >= 0.6 is 0 Å². The molecule has 2 heteroatoms. The average Bonchev–Trinajstić information content (AvgIpc) is 2.41. The van der Waals surface area contributed by atoms with Crippen molar-refractivity contribution in [1.82, 2.24) is 5.32 Å². The Labute approximate surface area is 114 Å². The molecule has 0 amide bonds. The van der Waals surface area contributed by atoms with E-state index in [4.69, 9.17) is 4.74 Å². The molecule has 1 rings (SSSR count). The average molecular weight is 255 g/mol. The lowest BCUT2D eigenvalue weighted by Crippen LogP contribution is -2.31. The summed E-state index contributed by atoms with van der Waals surface area (Å²) in [6.45, 7) is 6.48. The van der Waals surface area contributed by atoms with E-state index in [1.807, 2.05) is 0 Å². The smallest absolute Gasteiger partial charge is 0.0594 e. The van der Waals surface area contributed by atoms with E-state index < -0.39 is 0 Å². The number of unbranched alkanes of at least 4 members (excludes halogenated alkanes) is 3. The van der Waals surface area contributed by atoms with Crippen LogP contribution in [-0.2, 0) is 4.74 Å². The second kappa shape index (κ2) is 10.8. The largest absolute Gasteiger partial charge is 0.377 e. The second-order valence-electron chi connectivity index (χ2n) is 5.84. The zero-order valence-electron chi connectivity index (χ0n) is 12.5. The second-order valence-corrected chi connectivity index (χ2v) is 5.84. The molecule has 0 radical (unpaired) electrons. The summed E-state index contributed by atoms with van der Waals surface area (Å²) < 4.78 is 5.91. The highest BCUT2D eigenvalue weighted by molar-refractivity contribution is 4.66. The van der Waals surface area contributed by atoms with E-state index >= 15 is 0 Å². The molecule has 0 aromatic carbocycles. The lowest BCUT2D eigenvalue weighted by Gasteiger charge is -2.22. The summed E-state index contributed by atoms with van der Waals surface area (Å²) in [4.78, 5) is 0. The van der Waals surface area contributed by atoms with Gasteiger partial charge in [-0.3, -0.25) is 0 Å². The third kappa shape index (κ3) is 8.10. The minimum Gasteiger partial charge on any atom is -0.377 e. The number of nitrogens with one attached hydrogen (secondary N) is 1. The van der Waals surface area contributed by atoms with Crippen molar-refractivity contribution >= 4 is 0 Å². The van der Waals surface area contributed by atoms with Crippen molar-refractivity contribution in [2.45, 2.75) is 90.2 Å². The van der Waals surface area contributed by atoms with E-state index in [1.165, 1.54) is 64.2 Å². The number of hydrogen-bond donors (Lipinski definition) is 1. The summed E-state index contributed by atoms with van der Waals surface area (Å²) in [5, 5.41) is 3.57. The number of hydrogen-bond acceptors (Lipinski definition) is 2. The van der Waals surface area contributed by atoms with Gasteiger partial charge in [-0.25, -0.2) is 0 Å². The maximum Gasteiger partial charge on any atom is 0.0594 e. The van der Waals surface area contributed by atoms with Gasteiger partial charge in [0, 0.05) is 12.6 Å². The van der Waals surface area contributed by atoms with Gasteiger partial charge in [0.1, 0.15) is 0 Å². The molecule has 108 valence electrons. The first-order chi connectivity index (χ1) is 8.83. The molecule has 0 aromatic heterocycles. The monoisotopic (exact) mass is 255 g/mol. The standard InChI is InChI=1S/C16H33NO/c1-3-4-5-7-10-15(2)17-13-14-18-16-11-8-6-9-12-16/h15-17H,3-14H2,1-2H3. The molecule has 1 unspecified atom stereocenters. The van der Waals surface area contributed by atoms with Crippen molar-refractivity contribution in [2.75, 3.05) is 13.2 Å². The van der Waals surface area contributed by atoms with Gasteiger partial charge in [-0.05, 0) is 26.2 Å². The van der Waals surface area contributed by atoms with Crippen LogP contribution in [-0.4, -0.2) is 25.3 Å². The first-order valence-electron chi connectivity index (χ1n) is 8.18. The first-order valence-corrected chi connectivity index (χ1v) is 8.18. The van der Waals surface area contributed by atoms with Crippen LogP contribution in [0.25, 0.3) is 0 Å². The molecule has 1 aliphatic rings. The van der Waals surface area contributed by atoms with Crippen molar-refractivity contribution in [3.05, 3.63) is 0 Å². The molecular formula is C16H33NO. The molecule has 1 saturated carbocycles. The van der Waals surface area contributed by atoms with Crippen LogP contribution in [0.15, 0.2) is 0 Å². The van der Waals surface area contributed by atoms with Crippen LogP contribution in [0.3, 0.4) is 0 Å². The van der Waals surface area contributed by atoms with Crippen LogP contribution in [0.4, 0.5) is 0 Å². The molecule has 1 aliphatic carbocycles. The molecule has 0 saturated heterocycles. The Morgan fingerprint density at radius 3 is 2.61 bits per heavy atom. The summed E-state index contributed by atoms with van der Waals surface area (Å²) in [5.74, 6) is 0. The normalized spacial score (nSPS) is 19.0. The first kappa shape index (κ1) is 16.0. The molecule has 0 bridgehead atoms. The van der Waals surface area contributed by atoms with E-state index in [0.29, 0.717) is 12.1 Å². The molecule has 0 heterocycles. The van der Waals surface area contributed by atoms with Gasteiger partial charge < -0.3 is 10.1 Å². The molecule has 0 spiro atoms. The SMILES string of the molecule is CCCCCCC(C)NCCOC1CCCCC1. The van der Waals surface area contributed by atoms with Crippen LogP contribution in [0.1, 0.15) is 78.1 Å². The Morgan fingerprint density at radius 2 is 1.89 bits per heavy atom. The van der Waals surface area contributed by atoms with Gasteiger partial charge >= 0.3 is 0 Å². The summed E-state index contributed by atoms with van der Waals surface area (Å²) in [6, 6.07) is 0.650. The Morgan fingerprint density at radius 1 is 1.11 bits per heavy atom. The Kier molecular flexibility index (Phi) is 9.59. The van der Waals surface area contributed by atoms with E-state index in [-0.39, 0.29) is 0 Å². The Balaban J connectivity index is 1.86. The van der Waals surface area contributed by atoms with Crippen molar-refractivity contribution in [3.63, 3.8) is 0 Å². The van der Waals surface area contributed by atoms with Crippen LogP contribution in [0.2, 0.25) is 0 Å². The van der Waals surface area contributed by atoms with Gasteiger partial charge in [0.25, 0.3) is 0 Å². The van der Waals surface area contributed by atoms with Crippen molar-refractivity contribution in [2.24, 2.45) is 0 Å². The zero-order chi connectivity index (χ0) is 13.1. The quantitative estimate of drug-likeness (QED) is 0.588. The fourth-order valence-electron chi connectivity index (χ4n) is 2.74. The van der Waals surface area contributed by atoms with Gasteiger partial charge in [-0.15, -0.1) is 0 Å². The molecule has 1 atom stereocenters. The van der Waals surface area contributed by atoms with E-state index in [0.717, 1.165) is 13.2 Å². The third-order valence-electron chi connectivity index (χ3n) is 3.99. The number of rotatable bonds is 10. The summed E-state index contributed by atoms with van der Waals surface area (Å²) in [6.07, 6.45) is 14.1. The van der Waals surface area contributed by atoms with Crippen molar-refractivity contribution in [3.8, 4) is 0 Å². The maximum absolute atomic E-state index is 5.91. The van der Waals surface area contributed by atoms with Crippen molar-refractivity contribution in [1.29, 1.82) is 0 Å². The molecule has 1 fully saturated rings. The predicted molar refractivity (Wildman–Crippen MR) is 79.0 cm³/mol. The zero-order valence-corrected chi connectivity index (χ0v) is 12.5. The summed E-state index contributed by atoms with van der Waals surface area (Å²) >= 11 is 0.